The predicted molar refractivity (Wildman–Crippen MR) is 69.4 cm³/mol. The van der Waals surface area contributed by atoms with Crippen LogP contribution >= 0.6 is 0 Å². The highest BCUT2D eigenvalue weighted by molar-refractivity contribution is 5.85. The van der Waals surface area contributed by atoms with Gasteiger partial charge in [0.05, 0.1) is 0 Å². The van der Waals surface area contributed by atoms with E-state index in [9.17, 15) is 4.79 Å². The Kier molecular flexibility index (Phi) is 4.76. The third-order valence-corrected chi connectivity index (χ3v) is 3.65. The largest absolute Gasteiger partial charge is 0.299 e. The van der Waals surface area contributed by atoms with Gasteiger partial charge in [-0.15, -0.1) is 0 Å². The third-order valence-electron chi connectivity index (χ3n) is 3.65. The second-order valence-electron chi connectivity index (χ2n) is 5.99. The van der Waals surface area contributed by atoms with Gasteiger partial charge < -0.3 is 0 Å². The first-order valence-corrected chi connectivity index (χ1v) is 6.63. The van der Waals surface area contributed by atoms with Crippen LogP contribution in [-0.4, -0.2) is 5.78 Å². The van der Waals surface area contributed by atoms with Crippen LogP contribution < -0.4 is 0 Å². The summed E-state index contributed by atoms with van der Waals surface area (Å²) in [7, 11) is 0. The van der Waals surface area contributed by atoms with Gasteiger partial charge in [0.1, 0.15) is 5.78 Å². The van der Waals surface area contributed by atoms with Crippen LogP contribution in [0.2, 0.25) is 0 Å². The van der Waals surface area contributed by atoms with Crippen molar-refractivity contribution in [1.29, 1.82) is 0 Å². The van der Waals surface area contributed by atoms with Crippen LogP contribution in [0.25, 0.3) is 0 Å². The molecule has 0 aromatic heterocycles. The second kappa shape index (κ2) is 5.65. The molecule has 0 unspecified atom stereocenters. The number of allylic oxidation sites excluding steroid dienone is 2. The van der Waals surface area contributed by atoms with Crippen molar-refractivity contribution in [2.75, 3.05) is 0 Å². The molecule has 0 aliphatic heterocycles. The van der Waals surface area contributed by atoms with Crippen LogP contribution in [0.4, 0.5) is 0 Å². The zero-order valence-electron chi connectivity index (χ0n) is 11.3. The molecule has 16 heavy (non-hydrogen) atoms. The average Bonchev–Trinajstić information content (AvgIpc) is 2.63. The third kappa shape index (κ3) is 3.47. The first kappa shape index (κ1) is 13.5. The van der Waals surface area contributed by atoms with Crippen LogP contribution in [0.3, 0.4) is 0 Å². The Balaban J connectivity index is 2.72. The number of ketones is 1. The number of rotatable bonds is 5. The lowest BCUT2D eigenvalue weighted by Gasteiger charge is -2.27. The van der Waals surface area contributed by atoms with E-state index in [-0.39, 0.29) is 5.41 Å². The first-order chi connectivity index (χ1) is 7.46. The van der Waals surface area contributed by atoms with Crippen LogP contribution in [0.1, 0.15) is 66.2 Å². The molecule has 0 atom stereocenters. The molecule has 0 saturated heterocycles. The molecule has 0 amide bonds. The van der Waals surface area contributed by atoms with Crippen LogP contribution in [0.15, 0.2) is 11.6 Å². The maximum absolute atomic E-state index is 12.4. The van der Waals surface area contributed by atoms with E-state index in [4.69, 9.17) is 0 Å². The Bertz CT molecular complexity index is 263. The molecule has 0 heterocycles. The summed E-state index contributed by atoms with van der Waals surface area (Å²) in [5.41, 5.74) is 1.34. The van der Waals surface area contributed by atoms with Gasteiger partial charge in [0.2, 0.25) is 0 Å². The zero-order chi connectivity index (χ0) is 12.2. The van der Waals surface area contributed by atoms with Crippen molar-refractivity contribution in [2.24, 2.45) is 11.3 Å². The van der Waals surface area contributed by atoms with E-state index < -0.39 is 0 Å². The molecule has 1 nitrogen and oxygen atoms in total. The van der Waals surface area contributed by atoms with Crippen molar-refractivity contribution in [3.05, 3.63) is 11.6 Å². The van der Waals surface area contributed by atoms with Gasteiger partial charge in [0.25, 0.3) is 0 Å². The molecule has 0 spiro atoms. The summed E-state index contributed by atoms with van der Waals surface area (Å²) < 4.78 is 0. The van der Waals surface area contributed by atoms with Crippen LogP contribution in [0.5, 0.6) is 0 Å². The number of Topliss-reactive ketones (excluding diaryl/α,β-unsaturated/α-hetero) is 1. The smallest absolute Gasteiger partial charge is 0.139 e. The number of hydrogen-bond donors (Lipinski definition) is 0. The maximum Gasteiger partial charge on any atom is 0.139 e. The highest BCUT2D eigenvalue weighted by Gasteiger charge is 2.39. The first-order valence-electron chi connectivity index (χ1n) is 6.63. The van der Waals surface area contributed by atoms with Crippen molar-refractivity contribution >= 4 is 5.78 Å². The lowest BCUT2D eigenvalue weighted by molar-refractivity contribution is -0.129. The van der Waals surface area contributed by atoms with E-state index in [0.717, 1.165) is 25.7 Å². The lowest BCUT2D eigenvalue weighted by atomic mass is 9.75. The molecule has 1 saturated carbocycles. The second-order valence-corrected chi connectivity index (χ2v) is 5.99. The minimum atomic E-state index is 0.00153. The van der Waals surface area contributed by atoms with Gasteiger partial charge in [-0.25, -0.2) is 0 Å². The lowest BCUT2D eigenvalue weighted by Crippen LogP contribution is -2.28. The molecule has 0 bridgehead atoms. The molecule has 1 heteroatoms. The monoisotopic (exact) mass is 222 g/mol. The standard InChI is InChI=1S/C15H26O/c1-12(2)7-10-15(8-5-6-9-15)14(16)11-13(3)4/h7,13H,5-6,8-11H2,1-4H3. The summed E-state index contributed by atoms with van der Waals surface area (Å²) in [5.74, 6) is 1.01. The maximum atomic E-state index is 12.4. The van der Waals surface area contributed by atoms with E-state index in [1.165, 1.54) is 18.4 Å². The van der Waals surface area contributed by atoms with E-state index in [1.54, 1.807) is 0 Å². The van der Waals surface area contributed by atoms with Crippen molar-refractivity contribution < 1.29 is 4.79 Å². The molecular weight excluding hydrogens is 196 g/mol. The highest BCUT2D eigenvalue weighted by Crippen LogP contribution is 2.43. The molecule has 92 valence electrons. The number of carbonyl (C=O) groups is 1. The van der Waals surface area contributed by atoms with Crippen LogP contribution in [0, 0.1) is 11.3 Å². The van der Waals surface area contributed by atoms with E-state index in [2.05, 4.69) is 33.8 Å². The van der Waals surface area contributed by atoms with E-state index in [0.29, 0.717) is 11.7 Å². The molecule has 0 radical (unpaired) electrons. The molecule has 1 aliphatic carbocycles. The van der Waals surface area contributed by atoms with E-state index >= 15 is 0 Å². The van der Waals surface area contributed by atoms with Crippen molar-refractivity contribution in [3.63, 3.8) is 0 Å². The predicted octanol–water partition coefficient (Wildman–Crippen LogP) is 4.52. The highest BCUT2D eigenvalue weighted by atomic mass is 16.1. The summed E-state index contributed by atoms with van der Waals surface area (Å²) in [6, 6.07) is 0. The Hall–Kier alpha value is -0.590. The summed E-state index contributed by atoms with van der Waals surface area (Å²) in [6.07, 6.45) is 8.69. The molecule has 1 aliphatic rings. The Morgan fingerprint density at radius 1 is 1.25 bits per heavy atom. The summed E-state index contributed by atoms with van der Waals surface area (Å²) in [6.45, 7) is 8.52. The van der Waals surface area contributed by atoms with Gasteiger partial charge in [-0.1, -0.05) is 38.3 Å². The van der Waals surface area contributed by atoms with E-state index in [1.807, 2.05) is 0 Å². The quantitative estimate of drug-likeness (QED) is 0.625. The molecule has 0 aromatic carbocycles. The zero-order valence-corrected chi connectivity index (χ0v) is 11.3. The molecular formula is C15H26O. The number of hydrogen-bond acceptors (Lipinski definition) is 1. The van der Waals surface area contributed by atoms with Gasteiger partial charge in [-0.05, 0) is 39.0 Å². The molecule has 0 aromatic rings. The van der Waals surface area contributed by atoms with Crippen molar-refractivity contribution in [2.45, 2.75) is 66.2 Å². The van der Waals surface area contributed by atoms with Gasteiger partial charge in [0.15, 0.2) is 0 Å². The van der Waals surface area contributed by atoms with Crippen molar-refractivity contribution in [1.82, 2.24) is 0 Å². The Morgan fingerprint density at radius 2 is 1.81 bits per heavy atom. The summed E-state index contributed by atoms with van der Waals surface area (Å²) >= 11 is 0. The van der Waals surface area contributed by atoms with Crippen molar-refractivity contribution in [3.8, 4) is 0 Å². The minimum absolute atomic E-state index is 0.00153. The molecule has 0 N–H and O–H groups in total. The fourth-order valence-electron chi connectivity index (χ4n) is 2.64. The van der Waals surface area contributed by atoms with Gasteiger partial charge in [-0.2, -0.15) is 0 Å². The van der Waals surface area contributed by atoms with Crippen LogP contribution in [-0.2, 0) is 4.79 Å². The summed E-state index contributed by atoms with van der Waals surface area (Å²) in [5, 5.41) is 0. The topological polar surface area (TPSA) is 17.1 Å². The SMILES string of the molecule is CC(C)=CCC1(C(=O)CC(C)C)CCCC1. The minimum Gasteiger partial charge on any atom is -0.299 e. The summed E-state index contributed by atoms with van der Waals surface area (Å²) in [4.78, 5) is 12.4. The van der Waals surface area contributed by atoms with Gasteiger partial charge in [-0.3, -0.25) is 4.79 Å². The Labute approximate surface area is 100 Å². The normalized spacial score (nSPS) is 18.8. The number of carbonyl (C=O) groups excluding carboxylic acids is 1. The fourth-order valence-corrected chi connectivity index (χ4v) is 2.64. The molecule has 1 fully saturated rings. The fraction of sp³-hybridized carbons (Fsp3) is 0.800. The average molecular weight is 222 g/mol. The van der Waals surface area contributed by atoms with Gasteiger partial charge in [0, 0.05) is 11.8 Å². The molecule has 1 rings (SSSR count). The Morgan fingerprint density at radius 3 is 2.25 bits per heavy atom. The van der Waals surface area contributed by atoms with Gasteiger partial charge >= 0.3 is 0 Å².